The summed E-state index contributed by atoms with van der Waals surface area (Å²) >= 11 is 0. The van der Waals surface area contributed by atoms with Gasteiger partial charge in [-0.1, -0.05) is 195 Å². The van der Waals surface area contributed by atoms with Gasteiger partial charge in [0.05, 0.1) is 12.2 Å². The van der Waals surface area contributed by atoms with Crippen molar-refractivity contribution in [1.82, 2.24) is 0 Å². The SMILES string of the molecule is CC1(CCCCCCP(c2ccccc2)c2ccccc2)O[C@@H](CP(c2ccccc2)c2ccccc2)[C@H](CP(c2ccccc2)c2ccccc2)O1. The largest absolute Gasteiger partial charge is 0.344 e. The van der Waals surface area contributed by atoms with Crippen LogP contribution >= 0.6 is 23.8 Å². The average Bonchev–Trinajstić information content (AvgIpc) is 3.54. The molecule has 1 aliphatic rings. The third-order valence-corrected chi connectivity index (χ3v) is 17.9. The molecule has 6 aromatic carbocycles. The maximum atomic E-state index is 7.18. The third kappa shape index (κ3) is 10.4. The van der Waals surface area contributed by atoms with Crippen LogP contribution in [0.3, 0.4) is 0 Å². The molecule has 0 bridgehead atoms. The molecule has 0 unspecified atom stereocenters. The number of hydrogen-bond acceptors (Lipinski definition) is 2. The maximum absolute atomic E-state index is 7.18. The van der Waals surface area contributed by atoms with E-state index in [0.29, 0.717) is 0 Å². The highest BCUT2D eigenvalue weighted by Gasteiger charge is 2.45. The van der Waals surface area contributed by atoms with Crippen LogP contribution in [0.5, 0.6) is 0 Å². The molecule has 1 heterocycles. The fourth-order valence-electron chi connectivity index (χ4n) is 7.45. The number of rotatable bonds is 17. The number of hydrogen-bond donors (Lipinski definition) is 0. The minimum absolute atomic E-state index is 0.00394. The Morgan fingerprint density at radius 3 is 0.981 bits per heavy atom. The molecule has 0 spiro atoms. The highest BCUT2D eigenvalue weighted by atomic mass is 31.1. The lowest BCUT2D eigenvalue weighted by Gasteiger charge is -2.27. The second-order valence-corrected chi connectivity index (χ2v) is 20.8. The number of unbranched alkanes of at least 4 members (excludes halogenated alkanes) is 3. The Morgan fingerprint density at radius 2 is 0.660 bits per heavy atom. The standard InChI is InChI=1S/C48H51O2P3/c1-48(36-22-2-3-23-37-51(40-24-10-4-11-25-40)41-26-12-5-13-27-41)49-46(38-52(42-28-14-6-15-29-42)43-30-16-7-17-31-43)47(50-48)39-53(44-32-18-8-19-33-44)45-34-20-9-21-35-45/h4-21,24-35,46-47H,2-3,22-23,36-39H2,1H3/t46-,47-/m0/s1. The molecule has 2 nitrogen and oxygen atoms in total. The Kier molecular flexibility index (Phi) is 13.7. The molecule has 6 aromatic rings. The molecule has 5 heteroatoms. The summed E-state index contributed by atoms with van der Waals surface area (Å²) in [5.74, 6) is -0.598. The molecular formula is C48H51O2P3. The van der Waals surface area contributed by atoms with Gasteiger partial charge in [-0.2, -0.15) is 0 Å². The van der Waals surface area contributed by atoms with Crippen LogP contribution in [-0.4, -0.2) is 36.5 Å². The van der Waals surface area contributed by atoms with Crippen LogP contribution in [0.15, 0.2) is 182 Å². The quantitative estimate of drug-likeness (QED) is 0.0683. The minimum atomic E-state index is -0.625. The smallest absolute Gasteiger partial charge is 0.166 e. The van der Waals surface area contributed by atoms with E-state index in [1.165, 1.54) is 57.3 Å². The predicted octanol–water partition coefficient (Wildman–Crippen LogP) is 9.84. The summed E-state index contributed by atoms with van der Waals surface area (Å²) in [6.45, 7) is 2.21. The molecular weight excluding hydrogens is 701 g/mol. The van der Waals surface area contributed by atoms with Crippen molar-refractivity contribution in [1.29, 1.82) is 0 Å². The predicted molar refractivity (Wildman–Crippen MR) is 233 cm³/mol. The molecule has 0 saturated carbocycles. The number of benzene rings is 6. The molecule has 7 rings (SSSR count). The topological polar surface area (TPSA) is 18.5 Å². The van der Waals surface area contributed by atoms with E-state index in [2.05, 4.69) is 189 Å². The van der Waals surface area contributed by atoms with E-state index in [1.54, 1.807) is 0 Å². The molecule has 0 aliphatic carbocycles. The second kappa shape index (κ2) is 19.2. The lowest BCUT2D eigenvalue weighted by molar-refractivity contribution is -0.163. The normalized spacial score (nSPS) is 16.8. The van der Waals surface area contributed by atoms with E-state index < -0.39 is 21.6 Å². The van der Waals surface area contributed by atoms with Crippen LogP contribution in [0.1, 0.15) is 39.0 Å². The molecule has 53 heavy (non-hydrogen) atoms. The Balaban J connectivity index is 1.06. The minimum Gasteiger partial charge on any atom is -0.344 e. The molecule has 0 amide bonds. The summed E-state index contributed by atoms with van der Waals surface area (Å²) in [5.41, 5.74) is 0. The van der Waals surface area contributed by atoms with Gasteiger partial charge in [0.15, 0.2) is 5.79 Å². The van der Waals surface area contributed by atoms with Gasteiger partial charge in [-0.15, -0.1) is 0 Å². The van der Waals surface area contributed by atoms with E-state index >= 15 is 0 Å². The van der Waals surface area contributed by atoms with Gasteiger partial charge < -0.3 is 9.47 Å². The Bertz CT molecular complexity index is 1700. The molecule has 1 fully saturated rings. The lowest BCUT2D eigenvalue weighted by atomic mass is 10.1. The van der Waals surface area contributed by atoms with Crippen LogP contribution in [0, 0.1) is 0 Å². The molecule has 270 valence electrons. The van der Waals surface area contributed by atoms with Gasteiger partial charge in [0.2, 0.25) is 0 Å². The summed E-state index contributed by atoms with van der Waals surface area (Å²) in [6.07, 6.45) is 8.77. The fourth-order valence-corrected chi connectivity index (χ4v) is 14.8. The van der Waals surface area contributed by atoms with Gasteiger partial charge in [-0.05, 0) is 81.5 Å². The summed E-state index contributed by atoms with van der Waals surface area (Å²) in [5, 5.41) is 8.52. The molecule has 0 aromatic heterocycles. The zero-order chi connectivity index (χ0) is 36.1. The van der Waals surface area contributed by atoms with E-state index in [9.17, 15) is 0 Å². The Morgan fingerprint density at radius 1 is 0.377 bits per heavy atom. The van der Waals surface area contributed by atoms with Crippen molar-refractivity contribution in [2.75, 3.05) is 18.5 Å². The highest BCUT2D eigenvalue weighted by Crippen LogP contribution is 2.46. The van der Waals surface area contributed by atoms with E-state index in [4.69, 9.17) is 9.47 Å². The van der Waals surface area contributed by atoms with Gasteiger partial charge in [0.1, 0.15) is 0 Å². The third-order valence-electron chi connectivity index (χ3n) is 10.1. The summed E-state index contributed by atoms with van der Waals surface area (Å²) in [6, 6.07) is 66.5. The lowest BCUT2D eigenvalue weighted by Crippen LogP contribution is -2.33. The van der Waals surface area contributed by atoms with Gasteiger partial charge in [0.25, 0.3) is 0 Å². The number of ether oxygens (including phenoxy) is 2. The molecule has 0 radical (unpaired) electrons. The van der Waals surface area contributed by atoms with Crippen LogP contribution < -0.4 is 31.8 Å². The van der Waals surface area contributed by atoms with Crippen molar-refractivity contribution in [2.24, 2.45) is 0 Å². The van der Waals surface area contributed by atoms with Crippen LogP contribution in [-0.2, 0) is 9.47 Å². The Labute approximate surface area is 321 Å². The van der Waals surface area contributed by atoms with Crippen molar-refractivity contribution in [3.8, 4) is 0 Å². The highest BCUT2D eigenvalue weighted by molar-refractivity contribution is 7.73. The first-order chi connectivity index (χ1) is 26.2. The summed E-state index contributed by atoms with van der Waals surface area (Å²) < 4.78 is 14.4. The monoisotopic (exact) mass is 752 g/mol. The maximum Gasteiger partial charge on any atom is 0.166 e. The van der Waals surface area contributed by atoms with Gasteiger partial charge in [-0.3, -0.25) is 0 Å². The van der Waals surface area contributed by atoms with E-state index in [0.717, 1.165) is 25.2 Å². The molecule has 0 N–H and O–H groups in total. The van der Waals surface area contributed by atoms with Crippen molar-refractivity contribution >= 4 is 55.6 Å². The first-order valence-electron chi connectivity index (χ1n) is 19.1. The second-order valence-electron chi connectivity index (χ2n) is 14.0. The summed E-state index contributed by atoms with van der Waals surface area (Å²) in [4.78, 5) is 0. The zero-order valence-electron chi connectivity index (χ0n) is 30.8. The van der Waals surface area contributed by atoms with Gasteiger partial charge in [-0.25, -0.2) is 0 Å². The van der Waals surface area contributed by atoms with Crippen molar-refractivity contribution in [3.63, 3.8) is 0 Å². The van der Waals surface area contributed by atoms with Gasteiger partial charge in [0, 0.05) is 18.7 Å². The van der Waals surface area contributed by atoms with Crippen LogP contribution in [0.25, 0.3) is 0 Å². The Hall–Kier alpha value is -3.47. The van der Waals surface area contributed by atoms with E-state index in [1.807, 2.05) is 0 Å². The first-order valence-corrected chi connectivity index (χ1v) is 23.7. The van der Waals surface area contributed by atoms with Crippen molar-refractivity contribution < 1.29 is 9.47 Å². The average molecular weight is 753 g/mol. The molecule has 1 saturated heterocycles. The fraction of sp³-hybridized carbons (Fsp3) is 0.250. The van der Waals surface area contributed by atoms with Crippen LogP contribution in [0.4, 0.5) is 0 Å². The van der Waals surface area contributed by atoms with Gasteiger partial charge >= 0.3 is 0 Å². The van der Waals surface area contributed by atoms with Crippen molar-refractivity contribution in [3.05, 3.63) is 182 Å². The van der Waals surface area contributed by atoms with E-state index in [-0.39, 0.29) is 20.1 Å². The summed E-state index contributed by atoms with van der Waals surface area (Å²) in [7, 11) is -1.59. The molecule has 2 atom stereocenters. The van der Waals surface area contributed by atoms with Crippen LogP contribution in [0.2, 0.25) is 0 Å². The zero-order valence-corrected chi connectivity index (χ0v) is 33.5. The van der Waals surface area contributed by atoms with Crippen molar-refractivity contribution in [2.45, 2.75) is 57.0 Å². The first kappa shape index (κ1) is 37.8. The molecule has 1 aliphatic heterocycles.